The number of hydrogen-bond donors (Lipinski definition) is 1. The smallest absolute Gasteiger partial charge is 0.406 e. The lowest BCUT2D eigenvalue weighted by Gasteiger charge is -2.09. The van der Waals surface area contributed by atoms with Crippen LogP contribution in [0.1, 0.15) is 6.92 Å². The zero-order valence-corrected chi connectivity index (χ0v) is 12.7. The molecule has 1 atom stereocenters. The van der Waals surface area contributed by atoms with Crippen molar-refractivity contribution < 1.29 is 17.9 Å². The Hall–Kier alpha value is -1.99. The van der Waals surface area contributed by atoms with Crippen molar-refractivity contribution in [3.05, 3.63) is 24.3 Å². The summed E-state index contributed by atoms with van der Waals surface area (Å²) in [4.78, 5) is 0. The molecule has 22 heavy (non-hydrogen) atoms. The molecule has 5 nitrogen and oxygen atoms in total. The molecule has 1 aromatic carbocycles. The van der Waals surface area contributed by atoms with E-state index in [1.165, 1.54) is 47.4 Å². The number of alkyl halides is 3. The summed E-state index contributed by atoms with van der Waals surface area (Å²) >= 11 is 2.54. The van der Waals surface area contributed by atoms with Crippen LogP contribution in [0.15, 0.2) is 28.6 Å². The van der Waals surface area contributed by atoms with E-state index in [4.69, 9.17) is 5.26 Å². The molecular formula is C12H9F3N4OS2. The van der Waals surface area contributed by atoms with Crippen LogP contribution in [0.4, 0.5) is 24.0 Å². The lowest BCUT2D eigenvalue weighted by molar-refractivity contribution is -0.274. The number of benzene rings is 1. The Morgan fingerprint density at radius 2 is 2.00 bits per heavy atom. The number of halogens is 3. The summed E-state index contributed by atoms with van der Waals surface area (Å²) in [6.07, 6.45) is -4.71. The lowest BCUT2D eigenvalue weighted by Crippen LogP contribution is -2.16. The molecule has 1 heterocycles. The zero-order valence-electron chi connectivity index (χ0n) is 11.1. The van der Waals surface area contributed by atoms with Crippen LogP contribution in [0, 0.1) is 11.3 Å². The highest BCUT2D eigenvalue weighted by molar-refractivity contribution is 8.01. The predicted molar refractivity (Wildman–Crippen MR) is 77.2 cm³/mol. The van der Waals surface area contributed by atoms with E-state index in [1.807, 2.05) is 0 Å². The number of rotatable bonds is 5. The Bertz CT molecular complexity index is 666. The van der Waals surface area contributed by atoms with Crippen molar-refractivity contribution >= 4 is 33.9 Å². The van der Waals surface area contributed by atoms with Gasteiger partial charge in [0.1, 0.15) is 5.75 Å². The van der Waals surface area contributed by atoms with Crippen molar-refractivity contribution in [2.75, 3.05) is 5.32 Å². The third kappa shape index (κ3) is 5.09. The minimum Gasteiger partial charge on any atom is -0.406 e. The number of thioether (sulfide) groups is 1. The molecule has 0 amide bonds. The normalized spacial score (nSPS) is 12.5. The van der Waals surface area contributed by atoms with Crippen LogP contribution in [0.2, 0.25) is 0 Å². The average Bonchev–Trinajstić information content (AvgIpc) is 2.86. The SMILES string of the molecule is C[C@@H](C#N)Sc1nnc(Nc2ccc(OC(F)(F)F)cc2)s1. The standard InChI is InChI=1S/C12H9F3N4OS2/c1-7(6-16)21-11-19-18-10(22-11)17-8-2-4-9(5-3-8)20-12(13,14)15/h2-5,7H,1H3,(H,17,18)/t7-/m0/s1. The number of nitrogens with zero attached hydrogens (tertiary/aromatic N) is 3. The summed E-state index contributed by atoms with van der Waals surface area (Å²) in [6.45, 7) is 1.75. The van der Waals surface area contributed by atoms with E-state index in [9.17, 15) is 13.2 Å². The van der Waals surface area contributed by atoms with Crippen LogP contribution in [-0.4, -0.2) is 21.8 Å². The zero-order chi connectivity index (χ0) is 16.2. The highest BCUT2D eigenvalue weighted by Gasteiger charge is 2.30. The van der Waals surface area contributed by atoms with Gasteiger partial charge in [-0.1, -0.05) is 23.1 Å². The fraction of sp³-hybridized carbons (Fsp3) is 0.250. The van der Waals surface area contributed by atoms with E-state index in [0.29, 0.717) is 15.2 Å². The monoisotopic (exact) mass is 346 g/mol. The van der Waals surface area contributed by atoms with E-state index in [0.717, 1.165) is 0 Å². The van der Waals surface area contributed by atoms with Gasteiger partial charge in [-0.2, -0.15) is 5.26 Å². The Labute approximate surface area is 132 Å². The highest BCUT2D eigenvalue weighted by atomic mass is 32.2. The number of aromatic nitrogens is 2. The molecule has 10 heteroatoms. The summed E-state index contributed by atoms with van der Waals surface area (Å²) in [7, 11) is 0. The summed E-state index contributed by atoms with van der Waals surface area (Å²) in [6, 6.07) is 7.35. The van der Waals surface area contributed by atoms with Crippen molar-refractivity contribution in [3.63, 3.8) is 0 Å². The van der Waals surface area contributed by atoms with E-state index >= 15 is 0 Å². The Balaban J connectivity index is 1.98. The Morgan fingerprint density at radius 1 is 1.32 bits per heavy atom. The molecule has 0 bridgehead atoms. The summed E-state index contributed by atoms with van der Waals surface area (Å²) in [5, 5.41) is 19.7. The van der Waals surface area contributed by atoms with Gasteiger partial charge in [-0.3, -0.25) is 0 Å². The molecule has 0 unspecified atom stereocenters. The van der Waals surface area contributed by atoms with Gasteiger partial charge in [0.15, 0.2) is 4.34 Å². The lowest BCUT2D eigenvalue weighted by atomic mass is 10.3. The number of hydrogen-bond acceptors (Lipinski definition) is 7. The minimum atomic E-state index is -4.71. The van der Waals surface area contributed by atoms with Gasteiger partial charge >= 0.3 is 6.36 Å². The van der Waals surface area contributed by atoms with Crippen molar-refractivity contribution in [1.29, 1.82) is 5.26 Å². The van der Waals surface area contributed by atoms with Crippen LogP contribution in [-0.2, 0) is 0 Å². The first-order valence-corrected chi connectivity index (χ1v) is 7.58. The van der Waals surface area contributed by atoms with Crippen molar-refractivity contribution in [3.8, 4) is 11.8 Å². The molecule has 0 aliphatic heterocycles. The van der Waals surface area contributed by atoms with Gasteiger partial charge in [0, 0.05) is 5.69 Å². The number of ether oxygens (including phenoxy) is 1. The number of anilines is 2. The molecule has 0 spiro atoms. The van der Waals surface area contributed by atoms with Crippen LogP contribution < -0.4 is 10.1 Å². The first-order valence-electron chi connectivity index (χ1n) is 5.88. The molecule has 0 aliphatic carbocycles. The summed E-state index contributed by atoms with van der Waals surface area (Å²) in [5.41, 5.74) is 0.551. The molecule has 0 saturated heterocycles. The molecule has 0 radical (unpaired) electrons. The molecule has 0 fully saturated rings. The van der Waals surface area contributed by atoms with Crippen LogP contribution in [0.5, 0.6) is 5.75 Å². The van der Waals surface area contributed by atoms with Crippen LogP contribution >= 0.6 is 23.1 Å². The number of nitrogens with one attached hydrogen (secondary N) is 1. The van der Waals surface area contributed by atoms with Gasteiger partial charge in [0.25, 0.3) is 0 Å². The molecule has 2 rings (SSSR count). The van der Waals surface area contributed by atoms with Crippen LogP contribution in [0.25, 0.3) is 0 Å². The largest absolute Gasteiger partial charge is 0.573 e. The van der Waals surface area contributed by atoms with Crippen molar-refractivity contribution in [1.82, 2.24) is 10.2 Å². The molecule has 1 N–H and O–H groups in total. The Morgan fingerprint density at radius 3 is 2.59 bits per heavy atom. The summed E-state index contributed by atoms with van der Waals surface area (Å²) in [5.74, 6) is -0.297. The van der Waals surface area contributed by atoms with E-state index in [-0.39, 0.29) is 11.0 Å². The maximum Gasteiger partial charge on any atom is 0.573 e. The first kappa shape index (κ1) is 16.4. The van der Waals surface area contributed by atoms with E-state index in [2.05, 4.69) is 26.3 Å². The Kier molecular flexibility index (Phi) is 5.10. The second kappa shape index (κ2) is 6.85. The third-order valence-corrected chi connectivity index (χ3v) is 4.12. The second-order valence-corrected chi connectivity index (χ2v) is 6.52. The number of nitriles is 1. The van der Waals surface area contributed by atoms with Gasteiger partial charge < -0.3 is 10.1 Å². The summed E-state index contributed by atoms with van der Waals surface area (Å²) < 4.78 is 40.5. The van der Waals surface area contributed by atoms with Gasteiger partial charge in [-0.15, -0.1) is 23.4 Å². The van der Waals surface area contributed by atoms with Crippen LogP contribution in [0.3, 0.4) is 0 Å². The van der Waals surface area contributed by atoms with Crippen molar-refractivity contribution in [2.45, 2.75) is 22.9 Å². The maximum absolute atomic E-state index is 12.0. The fourth-order valence-electron chi connectivity index (χ4n) is 1.35. The van der Waals surface area contributed by atoms with E-state index < -0.39 is 6.36 Å². The van der Waals surface area contributed by atoms with Crippen molar-refractivity contribution in [2.24, 2.45) is 0 Å². The molecule has 0 saturated carbocycles. The van der Waals surface area contributed by atoms with E-state index in [1.54, 1.807) is 6.92 Å². The molecule has 116 valence electrons. The van der Waals surface area contributed by atoms with Gasteiger partial charge in [-0.25, -0.2) is 0 Å². The van der Waals surface area contributed by atoms with Gasteiger partial charge in [-0.05, 0) is 31.2 Å². The molecule has 0 aliphatic rings. The minimum absolute atomic E-state index is 0.236. The quantitative estimate of drug-likeness (QED) is 0.819. The highest BCUT2D eigenvalue weighted by Crippen LogP contribution is 2.31. The molecule has 2 aromatic rings. The fourth-order valence-corrected chi connectivity index (χ4v) is 3.15. The third-order valence-electron chi connectivity index (χ3n) is 2.21. The van der Waals surface area contributed by atoms with Gasteiger partial charge in [0.05, 0.1) is 11.3 Å². The first-order chi connectivity index (χ1) is 10.4. The van der Waals surface area contributed by atoms with Gasteiger partial charge in [0.2, 0.25) is 5.13 Å². The molecule has 1 aromatic heterocycles. The average molecular weight is 346 g/mol. The topological polar surface area (TPSA) is 70.8 Å². The second-order valence-electron chi connectivity index (χ2n) is 3.96. The maximum atomic E-state index is 12.0. The molecular weight excluding hydrogens is 337 g/mol. The predicted octanol–water partition coefficient (Wildman–Crippen LogP) is 4.18.